The van der Waals surface area contributed by atoms with Gasteiger partial charge in [-0.3, -0.25) is 4.90 Å². The highest BCUT2D eigenvalue weighted by Gasteiger charge is 2.36. The number of hydrogen-bond acceptors (Lipinski definition) is 6. The maximum atomic E-state index is 10.9. The molecule has 0 radical (unpaired) electrons. The minimum Gasteiger partial charge on any atom is -0.388 e. The van der Waals surface area contributed by atoms with Crippen LogP contribution in [-0.4, -0.2) is 74.0 Å². The molecule has 3 heterocycles. The molecule has 0 unspecified atom stereocenters. The summed E-state index contributed by atoms with van der Waals surface area (Å²) in [7, 11) is 0. The molecule has 0 atom stereocenters. The second kappa shape index (κ2) is 7.54. The molecule has 1 aliphatic carbocycles. The van der Waals surface area contributed by atoms with Crippen molar-refractivity contribution in [1.82, 2.24) is 24.6 Å². The van der Waals surface area contributed by atoms with Crippen molar-refractivity contribution in [2.24, 2.45) is 5.73 Å². The predicted molar refractivity (Wildman–Crippen MR) is 101 cm³/mol. The van der Waals surface area contributed by atoms with Crippen molar-refractivity contribution >= 4 is 0 Å². The molecule has 4 rings (SSSR count). The van der Waals surface area contributed by atoms with Gasteiger partial charge in [0.2, 0.25) is 0 Å². The second-order valence-electron chi connectivity index (χ2n) is 8.63. The Balaban J connectivity index is 1.33. The van der Waals surface area contributed by atoms with Crippen molar-refractivity contribution in [2.45, 2.75) is 76.1 Å². The van der Waals surface area contributed by atoms with Gasteiger partial charge in [-0.1, -0.05) is 0 Å². The fourth-order valence-electron chi connectivity index (χ4n) is 4.83. The minimum absolute atomic E-state index is 0.334. The van der Waals surface area contributed by atoms with Crippen molar-refractivity contribution in [2.75, 3.05) is 32.7 Å². The number of rotatable bonds is 6. The Labute approximate surface area is 156 Å². The molecule has 0 aromatic carbocycles. The van der Waals surface area contributed by atoms with Crippen molar-refractivity contribution in [3.8, 4) is 0 Å². The van der Waals surface area contributed by atoms with E-state index in [0.717, 1.165) is 83.1 Å². The Morgan fingerprint density at radius 1 is 1.08 bits per heavy atom. The molecule has 3 N–H and O–H groups in total. The molecule has 7 heteroatoms. The molecule has 1 aromatic rings. The summed E-state index contributed by atoms with van der Waals surface area (Å²) in [5.74, 6) is 2.66. The van der Waals surface area contributed by atoms with Gasteiger partial charge in [0, 0.05) is 38.1 Å². The number of piperidine rings is 1. The first-order chi connectivity index (χ1) is 12.6. The van der Waals surface area contributed by atoms with Gasteiger partial charge in [-0.2, -0.15) is 0 Å². The summed E-state index contributed by atoms with van der Waals surface area (Å²) in [4.78, 5) is 4.85. The third-order valence-electron chi connectivity index (χ3n) is 6.58. The van der Waals surface area contributed by atoms with Gasteiger partial charge in [0.15, 0.2) is 0 Å². The Bertz CT molecular complexity index is 597. The molecule has 26 heavy (non-hydrogen) atoms. The molecule has 2 saturated heterocycles. The third-order valence-corrected chi connectivity index (χ3v) is 6.58. The number of likely N-dealkylation sites (tertiary alicyclic amines) is 2. The fraction of sp³-hybridized carbons (Fsp3) is 0.895. The van der Waals surface area contributed by atoms with Crippen LogP contribution in [0.3, 0.4) is 0 Å². The molecule has 3 aliphatic rings. The molecule has 2 aliphatic heterocycles. The Morgan fingerprint density at radius 2 is 1.77 bits per heavy atom. The average Bonchev–Trinajstić information content (AvgIpc) is 3.23. The van der Waals surface area contributed by atoms with Gasteiger partial charge in [0.05, 0.1) is 12.1 Å². The molecular formula is C19H34N6O. The zero-order chi connectivity index (χ0) is 18.1. The second-order valence-corrected chi connectivity index (χ2v) is 8.63. The summed E-state index contributed by atoms with van der Waals surface area (Å²) < 4.78 is 2.28. The first-order valence-corrected chi connectivity index (χ1v) is 10.4. The standard InChI is InChI=1S/C19H34N6O/c1-2-25-17(21-22-18(25)15-11-16(20)12-15)13-23-9-5-19(26,6-10-23)14-24-7-3-4-8-24/h15-16,26H,2-14,20H2,1H3. The normalized spacial score (nSPS) is 29.8. The number of nitrogens with zero attached hydrogens (tertiary/aromatic N) is 5. The molecule has 0 bridgehead atoms. The molecule has 7 nitrogen and oxygen atoms in total. The average molecular weight is 363 g/mol. The minimum atomic E-state index is -0.507. The molecular weight excluding hydrogens is 328 g/mol. The first kappa shape index (κ1) is 18.3. The van der Waals surface area contributed by atoms with Gasteiger partial charge < -0.3 is 20.3 Å². The fourth-order valence-corrected chi connectivity index (χ4v) is 4.83. The van der Waals surface area contributed by atoms with E-state index in [9.17, 15) is 5.11 Å². The van der Waals surface area contributed by atoms with E-state index in [2.05, 4.69) is 31.5 Å². The summed E-state index contributed by atoms with van der Waals surface area (Å²) in [5.41, 5.74) is 5.44. The van der Waals surface area contributed by atoms with E-state index >= 15 is 0 Å². The zero-order valence-electron chi connectivity index (χ0n) is 16.1. The van der Waals surface area contributed by atoms with Crippen LogP contribution in [0.2, 0.25) is 0 Å². The highest BCUT2D eigenvalue weighted by Crippen LogP contribution is 2.35. The highest BCUT2D eigenvalue weighted by atomic mass is 16.3. The van der Waals surface area contributed by atoms with Crippen molar-refractivity contribution in [1.29, 1.82) is 0 Å². The van der Waals surface area contributed by atoms with E-state index in [1.54, 1.807) is 0 Å². The summed E-state index contributed by atoms with van der Waals surface area (Å²) in [6.45, 7) is 8.93. The van der Waals surface area contributed by atoms with Crippen molar-refractivity contribution < 1.29 is 5.11 Å². The van der Waals surface area contributed by atoms with Gasteiger partial charge in [-0.15, -0.1) is 10.2 Å². The summed E-state index contributed by atoms with van der Waals surface area (Å²) in [6, 6.07) is 0.334. The van der Waals surface area contributed by atoms with Gasteiger partial charge in [0.1, 0.15) is 11.6 Å². The van der Waals surface area contributed by atoms with Gasteiger partial charge >= 0.3 is 0 Å². The molecule has 146 valence electrons. The quantitative estimate of drug-likeness (QED) is 0.783. The van der Waals surface area contributed by atoms with E-state index in [0.29, 0.717) is 12.0 Å². The maximum absolute atomic E-state index is 10.9. The molecule has 1 saturated carbocycles. The van der Waals surface area contributed by atoms with Gasteiger partial charge in [-0.05, 0) is 58.5 Å². The van der Waals surface area contributed by atoms with Crippen LogP contribution in [0.25, 0.3) is 0 Å². The Hall–Kier alpha value is -1.02. The van der Waals surface area contributed by atoms with Crippen LogP contribution in [0, 0.1) is 0 Å². The topological polar surface area (TPSA) is 83.4 Å². The predicted octanol–water partition coefficient (Wildman–Crippen LogP) is 0.925. The Kier molecular flexibility index (Phi) is 5.32. The first-order valence-electron chi connectivity index (χ1n) is 10.4. The van der Waals surface area contributed by atoms with Gasteiger partial charge in [-0.25, -0.2) is 0 Å². The van der Waals surface area contributed by atoms with E-state index in [-0.39, 0.29) is 0 Å². The molecule has 0 amide bonds. The van der Waals surface area contributed by atoms with Crippen LogP contribution in [0.4, 0.5) is 0 Å². The lowest BCUT2D eigenvalue weighted by atomic mass is 9.80. The molecule has 0 spiro atoms. The third kappa shape index (κ3) is 3.81. The van der Waals surface area contributed by atoms with Crippen LogP contribution >= 0.6 is 0 Å². The van der Waals surface area contributed by atoms with E-state index in [1.807, 2.05) is 0 Å². The van der Waals surface area contributed by atoms with Crippen LogP contribution < -0.4 is 5.73 Å². The lowest BCUT2D eigenvalue weighted by molar-refractivity contribution is -0.0435. The number of β-amino-alcohol motifs (C(OH)–C–C–N with tert-alkyl or cyclic N) is 1. The van der Waals surface area contributed by atoms with E-state index in [4.69, 9.17) is 5.73 Å². The van der Waals surface area contributed by atoms with Crippen LogP contribution in [-0.2, 0) is 13.1 Å². The lowest BCUT2D eigenvalue weighted by Crippen LogP contribution is -2.50. The van der Waals surface area contributed by atoms with E-state index < -0.39 is 5.60 Å². The van der Waals surface area contributed by atoms with Crippen LogP contribution in [0.1, 0.15) is 63.0 Å². The number of aromatic nitrogens is 3. The summed E-state index contributed by atoms with van der Waals surface area (Å²) >= 11 is 0. The SMILES string of the molecule is CCn1c(CN2CCC(O)(CN3CCCC3)CC2)nnc1C1CC(N)C1. The smallest absolute Gasteiger partial charge is 0.147 e. The van der Waals surface area contributed by atoms with Crippen LogP contribution in [0.5, 0.6) is 0 Å². The van der Waals surface area contributed by atoms with E-state index in [1.165, 1.54) is 12.8 Å². The number of nitrogens with two attached hydrogens (primary N) is 1. The van der Waals surface area contributed by atoms with Crippen LogP contribution in [0.15, 0.2) is 0 Å². The summed E-state index contributed by atoms with van der Waals surface area (Å²) in [6.07, 6.45) is 6.34. The maximum Gasteiger partial charge on any atom is 0.147 e. The van der Waals surface area contributed by atoms with Gasteiger partial charge in [0.25, 0.3) is 0 Å². The van der Waals surface area contributed by atoms with Crippen molar-refractivity contribution in [3.05, 3.63) is 11.6 Å². The zero-order valence-corrected chi connectivity index (χ0v) is 16.1. The Morgan fingerprint density at radius 3 is 2.38 bits per heavy atom. The van der Waals surface area contributed by atoms with Crippen molar-refractivity contribution in [3.63, 3.8) is 0 Å². The largest absolute Gasteiger partial charge is 0.388 e. The summed E-state index contributed by atoms with van der Waals surface area (Å²) in [5, 5.41) is 19.9. The molecule has 1 aromatic heterocycles. The lowest BCUT2D eigenvalue weighted by Gasteiger charge is -2.40. The highest BCUT2D eigenvalue weighted by molar-refractivity contribution is 5.09. The monoisotopic (exact) mass is 362 g/mol. The number of aliphatic hydroxyl groups is 1. The number of hydrogen-bond donors (Lipinski definition) is 2. The molecule has 3 fully saturated rings.